The van der Waals surface area contributed by atoms with Crippen molar-refractivity contribution in [2.45, 2.75) is 426 Å². The van der Waals surface area contributed by atoms with Gasteiger partial charge in [0.1, 0.15) is 19.3 Å². The number of rotatable bonds is 77. The molecule has 3 N–H and O–H groups in total. The van der Waals surface area contributed by atoms with Crippen LogP contribution < -0.4 is 0 Å². The number of phosphoric ester groups is 2. The van der Waals surface area contributed by atoms with Crippen LogP contribution in [0.25, 0.3) is 0 Å². The van der Waals surface area contributed by atoms with E-state index in [1.165, 1.54) is 212 Å². The number of carbonyl (C=O) groups is 4. The van der Waals surface area contributed by atoms with Crippen LogP contribution in [0.15, 0.2) is 0 Å². The van der Waals surface area contributed by atoms with Crippen LogP contribution in [0.5, 0.6) is 0 Å². The summed E-state index contributed by atoms with van der Waals surface area (Å²) in [4.78, 5) is 72.7. The van der Waals surface area contributed by atoms with Crippen LogP contribution in [0, 0.1) is 11.8 Å². The number of ether oxygens (including phenoxy) is 4. The number of carbonyl (C=O) groups excluding carboxylic acids is 4. The summed E-state index contributed by atoms with van der Waals surface area (Å²) in [5.41, 5.74) is 0. The van der Waals surface area contributed by atoms with Gasteiger partial charge in [-0.2, -0.15) is 0 Å². The van der Waals surface area contributed by atoms with Crippen molar-refractivity contribution < 1.29 is 80.2 Å². The molecule has 5 atom stereocenters. The van der Waals surface area contributed by atoms with Crippen molar-refractivity contribution in [1.29, 1.82) is 0 Å². The molecule has 0 rings (SSSR count). The molecular weight excluding hydrogens is 1270 g/mol. The highest BCUT2D eigenvalue weighted by molar-refractivity contribution is 7.47. The van der Waals surface area contributed by atoms with Gasteiger partial charge in [0.15, 0.2) is 12.2 Å². The second kappa shape index (κ2) is 69.8. The Bertz CT molecular complexity index is 1870. The second-order valence-electron chi connectivity index (χ2n) is 29.1. The Morgan fingerprint density at radius 1 is 0.278 bits per heavy atom. The zero-order valence-electron chi connectivity index (χ0n) is 63.4. The summed E-state index contributed by atoms with van der Waals surface area (Å²) >= 11 is 0. The lowest BCUT2D eigenvalue weighted by molar-refractivity contribution is -0.161. The molecule has 0 aliphatic heterocycles. The highest BCUT2D eigenvalue weighted by Crippen LogP contribution is 2.45. The van der Waals surface area contributed by atoms with Gasteiger partial charge in [-0.1, -0.05) is 356 Å². The lowest BCUT2D eigenvalue weighted by atomic mass is 10.0. The second-order valence-corrected chi connectivity index (χ2v) is 32.0. The van der Waals surface area contributed by atoms with E-state index in [0.29, 0.717) is 25.7 Å². The number of esters is 4. The van der Waals surface area contributed by atoms with E-state index in [0.717, 1.165) is 115 Å². The first-order valence-corrected chi connectivity index (χ1v) is 43.5. The highest BCUT2D eigenvalue weighted by Gasteiger charge is 2.30. The van der Waals surface area contributed by atoms with Crippen LogP contribution >= 0.6 is 15.6 Å². The van der Waals surface area contributed by atoms with Crippen molar-refractivity contribution >= 4 is 39.5 Å². The molecule has 0 radical (unpaired) electrons. The molecule has 0 fully saturated rings. The largest absolute Gasteiger partial charge is 0.472 e. The maximum atomic E-state index is 13.1. The van der Waals surface area contributed by atoms with Gasteiger partial charge in [0, 0.05) is 25.7 Å². The molecule has 0 saturated heterocycles. The molecule has 0 saturated carbocycles. The van der Waals surface area contributed by atoms with Gasteiger partial charge in [-0.3, -0.25) is 37.3 Å². The van der Waals surface area contributed by atoms with E-state index in [2.05, 4.69) is 41.5 Å². The first kappa shape index (κ1) is 95.1. The van der Waals surface area contributed by atoms with Gasteiger partial charge in [-0.25, -0.2) is 9.13 Å². The van der Waals surface area contributed by atoms with Crippen LogP contribution in [-0.4, -0.2) is 96.7 Å². The Balaban J connectivity index is 5.16. The fourth-order valence-corrected chi connectivity index (χ4v) is 13.6. The smallest absolute Gasteiger partial charge is 0.462 e. The Morgan fingerprint density at radius 3 is 0.701 bits per heavy atom. The molecule has 0 aromatic carbocycles. The first-order chi connectivity index (χ1) is 46.9. The molecule has 2 unspecified atom stereocenters. The summed E-state index contributed by atoms with van der Waals surface area (Å²) in [7, 11) is -9.91. The molecular formula is C78H152O17P2. The predicted molar refractivity (Wildman–Crippen MR) is 395 cm³/mol. The summed E-state index contributed by atoms with van der Waals surface area (Å²) in [6.07, 6.45) is 58.6. The molecule has 0 aliphatic rings. The molecule has 19 heteroatoms. The van der Waals surface area contributed by atoms with Crippen LogP contribution in [0.4, 0.5) is 0 Å². The summed E-state index contributed by atoms with van der Waals surface area (Å²) in [5.74, 6) is -0.589. The molecule has 0 bridgehead atoms. The van der Waals surface area contributed by atoms with Gasteiger partial charge >= 0.3 is 39.5 Å². The maximum absolute atomic E-state index is 13.1. The fourth-order valence-electron chi connectivity index (χ4n) is 12.0. The molecule has 0 aromatic rings. The third kappa shape index (κ3) is 72.2. The predicted octanol–water partition coefficient (Wildman–Crippen LogP) is 23.1. The van der Waals surface area contributed by atoms with Crippen molar-refractivity contribution in [2.75, 3.05) is 39.6 Å². The standard InChI is InChI=1S/C78H152O17P2/c1-7-9-11-13-15-16-17-18-19-20-21-22-23-28-31-34-37-44-50-56-62-77(82)94-74(67-89-76(81)61-55-49-43-36-33-30-27-25-24-26-29-32-35-41-46-52-58-70(3)4)69-93-97(86,87)91-65-72(79)64-90-96(84,85)92-68-73(66-88-75(80)60-54-48-40-14-12-10-8-2)95-78(83)63-57-51-45-39-38-42-47-53-59-71(5)6/h70-74,79H,7-69H2,1-6H3,(H,84,85)(H,86,87)/t72-,73+,74+/m0/s1. The molecule has 17 nitrogen and oxygen atoms in total. The first-order valence-electron chi connectivity index (χ1n) is 40.5. The Morgan fingerprint density at radius 2 is 0.474 bits per heavy atom. The van der Waals surface area contributed by atoms with Crippen LogP contribution in [0.2, 0.25) is 0 Å². The minimum absolute atomic E-state index is 0.104. The van der Waals surface area contributed by atoms with E-state index in [-0.39, 0.29) is 25.7 Å². The van der Waals surface area contributed by atoms with E-state index in [4.69, 9.17) is 37.0 Å². The molecule has 0 amide bonds. The van der Waals surface area contributed by atoms with Crippen molar-refractivity contribution in [3.63, 3.8) is 0 Å². The van der Waals surface area contributed by atoms with E-state index >= 15 is 0 Å². The number of unbranched alkanes of at least 4 members (excludes halogenated alkanes) is 47. The number of hydrogen-bond donors (Lipinski definition) is 3. The van der Waals surface area contributed by atoms with E-state index in [9.17, 15) is 43.2 Å². The zero-order valence-corrected chi connectivity index (χ0v) is 65.2. The molecule has 576 valence electrons. The van der Waals surface area contributed by atoms with Gasteiger partial charge in [-0.15, -0.1) is 0 Å². The summed E-state index contributed by atoms with van der Waals surface area (Å²) < 4.78 is 68.4. The minimum atomic E-state index is -4.96. The Labute approximate surface area is 594 Å². The molecule has 0 aliphatic carbocycles. The summed E-state index contributed by atoms with van der Waals surface area (Å²) in [6.45, 7) is 9.55. The Hall–Kier alpha value is -1.94. The number of hydrogen-bond acceptors (Lipinski definition) is 15. The number of aliphatic hydroxyl groups is 1. The fraction of sp³-hybridized carbons (Fsp3) is 0.949. The molecule has 0 aromatic heterocycles. The van der Waals surface area contributed by atoms with Gasteiger partial charge in [0.05, 0.1) is 26.4 Å². The average molecular weight is 1420 g/mol. The molecule has 97 heavy (non-hydrogen) atoms. The van der Waals surface area contributed by atoms with Crippen molar-refractivity contribution in [3.8, 4) is 0 Å². The Kier molecular flexibility index (Phi) is 68.4. The van der Waals surface area contributed by atoms with Gasteiger partial charge in [0.2, 0.25) is 0 Å². The summed E-state index contributed by atoms with van der Waals surface area (Å²) in [5, 5.41) is 10.6. The monoisotopic (exact) mass is 1420 g/mol. The maximum Gasteiger partial charge on any atom is 0.472 e. The van der Waals surface area contributed by atoms with Gasteiger partial charge < -0.3 is 33.8 Å². The zero-order chi connectivity index (χ0) is 71.4. The minimum Gasteiger partial charge on any atom is -0.462 e. The van der Waals surface area contributed by atoms with Crippen molar-refractivity contribution in [2.24, 2.45) is 11.8 Å². The van der Waals surface area contributed by atoms with Crippen LogP contribution in [0.3, 0.4) is 0 Å². The van der Waals surface area contributed by atoms with Crippen LogP contribution in [-0.2, 0) is 65.4 Å². The SMILES string of the molecule is CCCCCCCCCCCCCCCCCCCCCCC(=O)O[C@H](COC(=O)CCCCCCCCCCCCCCCCCCC(C)C)COP(=O)(O)OC[C@@H](O)COP(=O)(O)OC[C@@H](COC(=O)CCCCCCCCC)OC(=O)CCCCCCCCCCC(C)C. The van der Waals surface area contributed by atoms with Gasteiger partial charge in [0.25, 0.3) is 0 Å². The summed E-state index contributed by atoms with van der Waals surface area (Å²) in [6, 6.07) is 0. The molecule has 0 heterocycles. The van der Waals surface area contributed by atoms with Crippen LogP contribution in [0.1, 0.15) is 408 Å². The number of aliphatic hydroxyl groups excluding tert-OH is 1. The highest BCUT2D eigenvalue weighted by atomic mass is 31.2. The van der Waals surface area contributed by atoms with E-state index < -0.39 is 97.5 Å². The van der Waals surface area contributed by atoms with Crippen molar-refractivity contribution in [3.05, 3.63) is 0 Å². The topological polar surface area (TPSA) is 237 Å². The number of phosphoric acid groups is 2. The lowest BCUT2D eigenvalue weighted by Crippen LogP contribution is -2.30. The average Bonchev–Trinajstić information content (AvgIpc) is 1.29. The van der Waals surface area contributed by atoms with E-state index in [1.54, 1.807) is 0 Å². The molecule has 0 spiro atoms. The van der Waals surface area contributed by atoms with E-state index in [1.807, 2.05) is 0 Å². The quantitative estimate of drug-likeness (QED) is 0.0222. The third-order valence-electron chi connectivity index (χ3n) is 18.2. The van der Waals surface area contributed by atoms with Crippen molar-refractivity contribution in [1.82, 2.24) is 0 Å². The normalized spacial score (nSPS) is 14.0. The lowest BCUT2D eigenvalue weighted by Gasteiger charge is -2.21. The van der Waals surface area contributed by atoms with Gasteiger partial charge in [-0.05, 0) is 37.5 Å². The third-order valence-corrected chi connectivity index (χ3v) is 20.1.